The van der Waals surface area contributed by atoms with Crippen LogP contribution in [-0.2, 0) is 9.53 Å². The van der Waals surface area contributed by atoms with Crippen LogP contribution in [0.25, 0.3) is 0 Å². The maximum Gasteiger partial charge on any atom is 0.198 e. The van der Waals surface area contributed by atoms with Crippen molar-refractivity contribution in [2.24, 2.45) is 0 Å². The van der Waals surface area contributed by atoms with Crippen molar-refractivity contribution >= 4 is 29.1 Å². The SMILES string of the molecule is COc1ccc([C@H]2OC(C)(C)C(=O)[C@@]2(Cl)Sc2ccccc2)cc1OC. The number of ether oxygens (including phenoxy) is 3. The minimum Gasteiger partial charge on any atom is -0.493 e. The van der Waals surface area contributed by atoms with Gasteiger partial charge in [-0.15, -0.1) is 0 Å². The topological polar surface area (TPSA) is 44.8 Å². The molecule has 0 aromatic heterocycles. The van der Waals surface area contributed by atoms with Crippen LogP contribution in [0.2, 0.25) is 0 Å². The molecule has 3 rings (SSSR count). The van der Waals surface area contributed by atoms with Gasteiger partial charge in [-0.3, -0.25) is 4.79 Å². The Bertz CT molecular complexity index is 809. The molecule has 1 aliphatic rings. The zero-order valence-electron chi connectivity index (χ0n) is 15.1. The second-order valence-corrected chi connectivity index (χ2v) is 8.65. The number of halogens is 1. The second kappa shape index (κ2) is 7.14. The Morgan fingerprint density at radius 1 is 1.04 bits per heavy atom. The van der Waals surface area contributed by atoms with Crippen molar-refractivity contribution in [2.45, 2.75) is 34.7 Å². The number of carbonyl (C=O) groups excluding carboxylic acids is 1. The number of hydrogen-bond donors (Lipinski definition) is 0. The number of carbonyl (C=O) groups is 1. The van der Waals surface area contributed by atoms with Gasteiger partial charge in [0.05, 0.1) is 14.2 Å². The van der Waals surface area contributed by atoms with E-state index in [-0.39, 0.29) is 5.78 Å². The first-order valence-electron chi connectivity index (χ1n) is 8.19. The highest BCUT2D eigenvalue weighted by atomic mass is 35.5. The quantitative estimate of drug-likeness (QED) is 0.680. The van der Waals surface area contributed by atoms with Gasteiger partial charge >= 0.3 is 0 Å². The predicted octanol–water partition coefficient (Wildman–Crippen LogP) is 4.85. The smallest absolute Gasteiger partial charge is 0.198 e. The molecule has 2 atom stereocenters. The molecule has 0 spiro atoms. The van der Waals surface area contributed by atoms with Gasteiger partial charge in [-0.05, 0) is 43.7 Å². The number of alkyl halides is 1. The van der Waals surface area contributed by atoms with Crippen molar-refractivity contribution in [3.8, 4) is 11.5 Å². The van der Waals surface area contributed by atoms with Crippen molar-refractivity contribution in [2.75, 3.05) is 14.2 Å². The molecule has 0 amide bonds. The number of benzene rings is 2. The Balaban J connectivity index is 2.04. The van der Waals surface area contributed by atoms with Crippen LogP contribution in [0.4, 0.5) is 0 Å². The minimum absolute atomic E-state index is 0.152. The molecule has 2 aromatic rings. The molecule has 0 aliphatic carbocycles. The maximum absolute atomic E-state index is 13.1. The molecule has 4 nitrogen and oxygen atoms in total. The third-order valence-corrected chi connectivity index (χ3v) is 6.13. The third kappa shape index (κ3) is 3.31. The van der Waals surface area contributed by atoms with Crippen LogP contribution in [0.15, 0.2) is 53.4 Å². The van der Waals surface area contributed by atoms with E-state index in [9.17, 15) is 4.79 Å². The Morgan fingerprint density at radius 2 is 1.69 bits per heavy atom. The van der Waals surface area contributed by atoms with Gasteiger partial charge in [0, 0.05) is 4.90 Å². The molecule has 2 aromatic carbocycles. The molecule has 1 fully saturated rings. The van der Waals surface area contributed by atoms with Gasteiger partial charge in [-0.25, -0.2) is 0 Å². The molecular formula is C20H21ClO4S. The first kappa shape index (κ1) is 19.1. The summed E-state index contributed by atoms with van der Waals surface area (Å²) in [7, 11) is 3.15. The molecule has 138 valence electrons. The first-order valence-corrected chi connectivity index (χ1v) is 9.39. The van der Waals surface area contributed by atoms with E-state index < -0.39 is 15.9 Å². The summed E-state index contributed by atoms with van der Waals surface area (Å²) in [5, 5.41) is 0. The molecule has 0 N–H and O–H groups in total. The van der Waals surface area contributed by atoms with Crippen LogP contribution in [0, 0.1) is 0 Å². The monoisotopic (exact) mass is 392 g/mol. The van der Waals surface area contributed by atoms with Crippen LogP contribution < -0.4 is 9.47 Å². The van der Waals surface area contributed by atoms with Crippen LogP contribution in [0.1, 0.15) is 25.5 Å². The fourth-order valence-corrected chi connectivity index (χ4v) is 4.94. The number of methoxy groups -OCH3 is 2. The standard InChI is InChI=1S/C20H21ClO4S/c1-19(2)18(22)20(21,26-14-8-6-5-7-9-14)17(25-19)13-10-11-15(23-3)16(12-13)24-4/h5-12,17H,1-4H3/t17-,20+/m1/s1. The third-order valence-electron chi connectivity index (χ3n) is 4.33. The van der Waals surface area contributed by atoms with Gasteiger partial charge in [0.2, 0.25) is 0 Å². The number of hydrogen-bond acceptors (Lipinski definition) is 5. The summed E-state index contributed by atoms with van der Waals surface area (Å²) in [4.78, 5) is 14.0. The molecule has 0 unspecified atom stereocenters. The Hall–Kier alpha value is -1.69. The summed E-state index contributed by atoms with van der Waals surface area (Å²) in [6, 6.07) is 15.1. The van der Waals surface area contributed by atoms with E-state index in [1.165, 1.54) is 11.8 Å². The Kier molecular flexibility index (Phi) is 5.24. The van der Waals surface area contributed by atoms with E-state index in [1.54, 1.807) is 40.2 Å². The van der Waals surface area contributed by atoms with Crippen LogP contribution in [0.5, 0.6) is 11.5 Å². The maximum atomic E-state index is 13.1. The summed E-state index contributed by atoms with van der Waals surface area (Å²) in [5.41, 5.74) is -0.221. The molecule has 0 saturated carbocycles. The highest BCUT2D eigenvalue weighted by Gasteiger charge is 2.60. The number of thioether (sulfide) groups is 1. The lowest BCUT2D eigenvalue weighted by molar-refractivity contribution is -0.129. The number of ketones is 1. The van der Waals surface area contributed by atoms with E-state index in [0.29, 0.717) is 11.5 Å². The first-order chi connectivity index (χ1) is 12.3. The lowest BCUT2D eigenvalue weighted by atomic mass is 9.99. The fraction of sp³-hybridized carbons (Fsp3) is 0.350. The van der Waals surface area contributed by atoms with Gasteiger partial charge < -0.3 is 14.2 Å². The normalized spacial score (nSPS) is 24.5. The molecule has 1 saturated heterocycles. The van der Waals surface area contributed by atoms with E-state index in [1.807, 2.05) is 36.4 Å². The summed E-state index contributed by atoms with van der Waals surface area (Å²) in [5.74, 6) is 1.02. The summed E-state index contributed by atoms with van der Waals surface area (Å²) in [6.45, 7) is 3.50. The van der Waals surface area contributed by atoms with Crippen molar-refractivity contribution in [1.82, 2.24) is 0 Å². The number of rotatable bonds is 5. The van der Waals surface area contributed by atoms with Crippen molar-refractivity contribution < 1.29 is 19.0 Å². The summed E-state index contributed by atoms with van der Waals surface area (Å²) in [6.07, 6.45) is -0.628. The van der Waals surface area contributed by atoms with Crippen LogP contribution in [0.3, 0.4) is 0 Å². The Morgan fingerprint density at radius 3 is 2.31 bits per heavy atom. The highest BCUT2D eigenvalue weighted by molar-refractivity contribution is 8.02. The van der Waals surface area contributed by atoms with Crippen molar-refractivity contribution in [3.05, 3.63) is 54.1 Å². The van der Waals surface area contributed by atoms with Gasteiger partial charge in [0.1, 0.15) is 11.7 Å². The summed E-state index contributed by atoms with van der Waals surface area (Å²) < 4.78 is 15.5. The van der Waals surface area contributed by atoms with Crippen molar-refractivity contribution in [3.63, 3.8) is 0 Å². The lowest BCUT2D eigenvalue weighted by Crippen LogP contribution is -2.36. The number of Topliss-reactive ketones (excluding diaryl/α,β-unsaturated/α-hetero) is 1. The molecule has 0 radical (unpaired) electrons. The highest BCUT2D eigenvalue weighted by Crippen LogP contribution is 2.56. The Labute approximate surface area is 162 Å². The lowest BCUT2D eigenvalue weighted by Gasteiger charge is -2.26. The average Bonchev–Trinajstić information content (AvgIpc) is 2.82. The van der Waals surface area contributed by atoms with Gasteiger partial charge in [-0.1, -0.05) is 47.6 Å². The second-order valence-electron chi connectivity index (χ2n) is 6.51. The molecule has 1 aliphatic heterocycles. The van der Waals surface area contributed by atoms with Gasteiger partial charge in [0.25, 0.3) is 0 Å². The minimum atomic E-state index is -1.27. The molecule has 0 bridgehead atoms. The molecule has 26 heavy (non-hydrogen) atoms. The van der Waals surface area contributed by atoms with Gasteiger partial charge in [-0.2, -0.15) is 0 Å². The molecule has 6 heteroatoms. The van der Waals surface area contributed by atoms with Crippen LogP contribution in [-0.4, -0.2) is 29.8 Å². The van der Waals surface area contributed by atoms with Gasteiger partial charge in [0.15, 0.2) is 21.5 Å². The fourth-order valence-electron chi connectivity index (χ4n) is 3.01. The van der Waals surface area contributed by atoms with E-state index >= 15 is 0 Å². The molecular weight excluding hydrogens is 372 g/mol. The predicted molar refractivity (Wildman–Crippen MR) is 103 cm³/mol. The summed E-state index contributed by atoms with van der Waals surface area (Å²) >= 11 is 8.24. The zero-order chi connectivity index (χ0) is 18.9. The zero-order valence-corrected chi connectivity index (χ0v) is 16.7. The average molecular weight is 393 g/mol. The van der Waals surface area contributed by atoms with E-state index in [0.717, 1.165) is 10.5 Å². The van der Waals surface area contributed by atoms with E-state index in [2.05, 4.69) is 0 Å². The van der Waals surface area contributed by atoms with E-state index in [4.69, 9.17) is 25.8 Å². The molecule has 1 heterocycles. The van der Waals surface area contributed by atoms with Crippen LogP contribution >= 0.6 is 23.4 Å². The largest absolute Gasteiger partial charge is 0.493 e. The van der Waals surface area contributed by atoms with Crippen molar-refractivity contribution in [1.29, 1.82) is 0 Å².